The third-order valence-electron chi connectivity index (χ3n) is 9.85. The summed E-state index contributed by atoms with van der Waals surface area (Å²) in [5.74, 6) is 4.50. The van der Waals surface area contributed by atoms with Crippen molar-refractivity contribution < 1.29 is 4.74 Å². The van der Waals surface area contributed by atoms with Gasteiger partial charge in [0, 0.05) is 0 Å². The molecule has 0 aromatic heterocycles. The first-order valence-corrected chi connectivity index (χ1v) is 23.2. The number of benzene rings is 5. The van der Waals surface area contributed by atoms with Crippen molar-refractivity contribution in [1.82, 2.24) is 0 Å². The minimum Gasteiger partial charge on any atom is -0.497 e. The molecule has 0 bridgehead atoms. The van der Waals surface area contributed by atoms with E-state index < -0.39 is 0 Å². The molecule has 0 aliphatic carbocycles. The molecule has 0 aliphatic heterocycles. The number of hydrogen-bond donors (Lipinski definition) is 0. The van der Waals surface area contributed by atoms with Crippen LogP contribution in [0.2, 0.25) is 0 Å². The zero-order chi connectivity index (χ0) is 45.3. The van der Waals surface area contributed by atoms with Crippen LogP contribution < -0.4 is 4.74 Å². The van der Waals surface area contributed by atoms with Crippen molar-refractivity contribution in [3.8, 4) is 5.75 Å². The second-order valence-corrected chi connectivity index (χ2v) is 19.1. The fourth-order valence-corrected chi connectivity index (χ4v) is 5.94. The quantitative estimate of drug-likeness (QED) is 0.122. The molecular formula is C59H90O. The lowest BCUT2D eigenvalue weighted by atomic mass is 9.89. The van der Waals surface area contributed by atoms with Gasteiger partial charge in [-0.05, 0) is 108 Å². The van der Waals surface area contributed by atoms with Gasteiger partial charge in [0.2, 0.25) is 0 Å². The number of methoxy groups -OCH3 is 1. The van der Waals surface area contributed by atoms with Crippen LogP contribution in [0.3, 0.4) is 0 Å². The monoisotopic (exact) mass is 815 g/mol. The van der Waals surface area contributed by atoms with E-state index in [0.717, 1.165) is 17.6 Å². The highest BCUT2D eigenvalue weighted by Gasteiger charge is 2.09. The summed E-state index contributed by atoms with van der Waals surface area (Å²) in [6.07, 6.45) is 9.17. The van der Waals surface area contributed by atoms with Crippen LogP contribution in [0.25, 0.3) is 0 Å². The van der Waals surface area contributed by atoms with E-state index in [-0.39, 0.29) is 0 Å². The number of rotatable bonds is 12. The lowest BCUT2D eigenvalue weighted by molar-refractivity contribution is 0.365. The Morgan fingerprint density at radius 3 is 1.20 bits per heavy atom. The Morgan fingerprint density at radius 1 is 0.467 bits per heavy atom. The van der Waals surface area contributed by atoms with Gasteiger partial charge in [0.15, 0.2) is 0 Å². The molecule has 332 valence electrons. The summed E-state index contributed by atoms with van der Waals surface area (Å²) >= 11 is 0. The Kier molecular flexibility index (Phi) is 31.3. The lowest BCUT2D eigenvalue weighted by Crippen LogP contribution is -2.04. The van der Waals surface area contributed by atoms with Gasteiger partial charge in [-0.15, -0.1) is 0 Å². The average Bonchev–Trinajstić information content (AvgIpc) is 3.22. The molecule has 1 nitrogen and oxygen atoms in total. The SMILES string of the molecule is CC(C)(C)CCCc1ccccc1.CC(C)Cc1ccccc1.CC(C)c1ccccc1.CCCCC(C)C.COc1ccc(C(C)C)cc1.Cc1ccc(C(C)C)cc1. The van der Waals surface area contributed by atoms with Crippen LogP contribution in [-0.4, -0.2) is 7.11 Å². The Balaban J connectivity index is 0.000000703. The zero-order valence-electron chi connectivity index (χ0n) is 41.5. The summed E-state index contributed by atoms with van der Waals surface area (Å²) in [7, 11) is 1.68. The maximum Gasteiger partial charge on any atom is 0.118 e. The van der Waals surface area contributed by atoms with Crippen molar-refractivity contribution in [1.29, 1.82) is 0 Å². The molecule has 0 spiro atoms. The van der Waals surface area contributed by atoms with Gasteiger partial charge in [-0.2, -0.15) is 0 Å². The number of ether oxygens (including phenoxy) is 1. The number of aryl methyl sites for hydroxylation is 2. The van der Waals surface area contributed by atoms with Crippen LogP contribution in [0.15, 0.2) is 140 Å². The molecule has 60 heavy (non-hydrogen) atoms. The summed E-state index contributed by atoms with van der Waals surface area (Å²) in [6.45, 7) is 33.5. The minimum atomic E-state index is 0.481. The van der Waals surface area contributed by atoms with E-state index in [1.54, 1.807) is 7.11 Å². The Hall–Kier alpha value is -4.10. The third kappa shape index (κ3) is 31.8. The van der Waals surface area contributed by atoms with E-state index in [1.165, 1.54) is 78.3 Å². The van der Waals surface area contributed by atoms with Gasteiger partial charge in [0.1, 0.15) is 5.75 Å². The molecule has 0 N–H and O–H groups in total. The third-order valence-corrected chi connectivity index (χ3v) is 9.85. The van der Waals surface area contributed by atoms with Crippen LogP contribution in [0, 0.1) is 24.2 Å². The standard InChI is InChI=1S/C13H20.C10H14O.2C10H14.C9H12.C7H16/c1-13(2,3)11-7-10-12-8-5-4-6-9-12;1-8(2)9-4-6-10(11-3)7-5-9;1-8(2)10-6-4-9(3)5-7-10;1-9(2)8-10-6-4-3-5-7-10;1-8(2)9-6-4-3-5-7-9;1-4-5-6-7(2)3/h4-6,8-9H,7,10-11H2,1-3H3;4-8H,1-3H3;4-8H,1-3H3;3-7,9H,8H2,1-2H3;3-8H,1-2H3;7H,4-6H2,1-3H3. The summed E-state index contributed by atoms with van der Waals surface area (Å²) in [6, 6.07) is 48.8. The molecule has 1 heteroatoms. The van der Waals surface area contributed by atoms with Crippen LogP contribution in [0.1, 0.15) is 180 Å². The van der Waals surface area contributed by atoms with E-state index in [4.69, 9.17) is 4.74 Å². The highest BCUT2D eigenvalue weighted by Crippen LogP contribution is 2.22. The van der Waals surface area contributed by atoms with Crippen molar-refractivity contribution in [2.24, 2.45) is 17.3 Å². The molecule has 0 amide bonds. The van der Waals surface area contributed by atoms with Crippen molar-refractivity contribution in [3.05, 3.63) is 173 Å². The first kappa shape index (κ1) is 55.9. The maximum atomic E-state index is 5.05. The molecule has 0 aliphatic rings. The topological polar surface area (TPSA) is 9.23 Å². The highest BCUT2D eigenvalue weighted by molar-refractivity contribution is 5.28. The molecule has 0 unspecified atom stereocenters. The fraction of sp³-hybridized carbons (Fsp3) is 0.492. The van der Waals surface area contributed by atoms with Crippen LogP contribution in [0.5, 0.6) is 5.75 Å². The van der Waals surface area contributed by atoms with Crippen LogP contribution in [-0.2, 0) is 12.8 Å². The van der Waals surface area contributed by atoms with Crippen molar-refractivity contribution in [2.45, 2.75) is 167 Å². The van der Waals surface area contributed by atoms with Gasteiger partial charge in [-0.3, -0.25) is 0 Å². The summed E-state index contributed by atoms with van der Waals surface area (Å²) in [5.41, 5.74) is 8.91. The molecule has 0 saturated heterocycles. The smallest absolute Gasteiger partial charge is 0.118 e. The van der Waals surface area contributed by atoms with Gasteiger partial charge in [-0.1, -0.05) is 249 Å². The highest BCUT2D eigenvalue weighted by atomic mass is 16.5. The van der Waals surface area contributed by atoms with E-state index >= 15 is 0 Å². The van der Waals surface area contributed by atoms with Crippen LogP contribution >= 0.6 is 0 Å². The molecule has 5 aromatic carbocycles. The Bertz CT molecular complexity index is 1640. The average molecular weight is 815 g/mol. The normalized spacial score (nSPS) is 10.6. The summed E-state index contributed by atoms with van der Waals surface area (Å²) in [5, 5.41) is 0. The molecule has 0 atom stereocenters. The lowest BCUT2D eigenvalue weighted by Gasteiger charge is -2.17. The van der Waals surface area contributed by atoms with Crippen molar-refractivity contribution in [2.75, 3.05) is 7.11 Å². The van der Waals surface area contributed by atoms with E-state index in [0.29, 0.717) is 23.2 Å². The second kappa shape index (κ2) is 33.6. The maximum absolute atomic E-state index is 5.05. The van der Waals surface area contributed by atoms with Gasteiger partial charge < -0.3 is 4.74 Å². The summed E-state index contributed by atoms with van der Waals surface area (Å²) < 4.78 is 5.05. The molecule has 0 heterocycles. The zero-order valence-corrected chi connectivity index (χ0v) is 41.5. The minimum absolute atomic E-state index is 0.481. The molecule has 0 fully saturated rings. The Morgan fingerprint density at radius 2 is 0.867 bits per heavy atom. The molecule has 5 aromatic rings. The van der Waals surface area contributed by atoms with E-state index in [1.807, 2.05) is 18.2 Å². The molecule has 5 rings (SSSR count). The van der Waals surface area contributed by atoms with E-state index in [9.17, 15) is 0 Å². The predicted octanol–water partition coefficient (Wildman–Crippen LogP) is 18.5. The van der Waals surface area contributed by atoms with Crippen molar-refractivity contribution >= 4 is 0 Å². The fourth-order valence-electron chi connectivity index (χ4n) is 5.94. The Labute approximate surface area is 372 Å². The molecule has 0 radical (unpaired) electrons. The van der Waals surface area contributed by atoms with Gasteiger partial charge in [-0.25, -0.2) is 0 Å². The first-order chi connectivity index (χ1) is 28.4. The molecule has 0 saturated carbocycles. The predicted molar refractivity (Wildman–Crippen MR) is 271 cm³/mol. The summed E-state index contributed by atoms with van der Waals surface area (Å²) in [4.78, 5) is 0. The number of unbranched alkanes of at least 4 members (excludes halogenated alkanes) is 1. The largest absolute Gasteiger partial charge is 0.497 e. The second-order valence-electron chi connectivity index (χ2n) is 19.1. The van der Waals surface area contributed by atoms with Crippen molar-refractivity contribution in [3.63, 3.8) is 0 Å². The molecular weight excluding hydrogens is 725 g/mol. The van der Waals surface area contributed by atoms with Crippen LogP contribution in [0.4, 0.5) is 0 Å². The van der Waals surface area contributed by atoms with Gasteiger partial charge >= 0.3 is 0 Å². The van der Waals surface area contributed by atoms with Gasteiger partial charge in [0.25, 0.3) is 0 Å². The van der Waals surface area contributed by atoms with Gasteiger partial charge in [0.05, 0.1) is 7.11 Å². The number of hydrogen-bond acceptors (Lipinski definition) is 1. The van der Waals surface area contributed by atoms with E-state index in [2.05, 4.69) is 225 Å². The first-order valence-electron chi connectivity index (χ1n) is 23.2.